The Morgan fingerprint density at radius 1 is 1.42 bits per heavy atom. The molecule has 1 aromatic heterocycles. The SMILES string of the molecule is CCC1CN(C(=O)c2cc(Cl)nnc2Cl)CCN1C. The van der Waals surface area contributed by atoms with E-state index < -0.39 is 0 Å². The fraction of sp³-hybridized carbons (Fsp3) is 0.583. The molecule has 1 aromatic rings. The number of nitrogens with zero attached hydrogens (tertiary/aromatic N) is 4. The number of aromatic nitrogens is 2. The second kappa shape index (κ2) is 6.03. The molecule has 5 nitrogen and oxygen atoms in total. The predicted octanol–water partition coefficient (Wildman–Crippen LogP) is 1.95. The van der Waals surface area contributed by atoms with Gasteiger partial charge in [0.25, 0.3) is 5.91 Å². The number of carbonyl (C=O) groups excluding carboxylic acids is 1. The normalized spacial score (nSPS) is 20.6. The highest BCUT2D eigenvalue weighted by molar-refractivity contribution is 6.34. The average molecular weight is 303 g/mol. The van der Waals surface area contributed by atoms with Crippen LogP contribution in [0.4, 0.5) is 0 Å². The largest absolute Gasteiger partial charge is 0.336 e. The Balaban J connectivity index is 2.18. The summed E-state index contributed by atoms with van der Waals surface area (Å²) in [4.78, 5) is 16.5. The molecule has 0 aliphatic carbocycles. The first-order chi connectivity index (χ1) is 9.02. The quantitative estimate of drug-likeness (QED) is 0.838. The van der Waals surface area contributed by atoms with Crippen LogP contribution < -0.4 is 0 Å². The minimum Gasteiger partial charge on any atom is -0.336 e. The molecule has 2 heterocycles. The fourth-order valence-corrected chi connectivity index (χ4v) is 2.56. The molecule has 1 saturated heterocycles. The number of rotatable bonds is 2. The Kier molecular flexibility index (Phi) is 4.60. The first kappa shape index (κ1) is 14.5. The Bertz CT molecular complexity index is 483. The summed E-state index contributed by atoms with van der Waals surface area (Å²) in [7, 11) is 2.08. The number of halogens is 2. The second-order valence-electron chi connectivity index (χ2n) is 4.67. The molecule has 0 N–H and O–H groups in total. The molecular formula is C12H16Cl2N4O. The number of piperazine rings is 1. The minimum absolute atomic E-state index is 0.0985. The average Bonchev–Trinajstić information content (AvgIpc) is 2.41. The van der Waals surface area contributed by atoms with Crippen molar-refractivity contribution in [2.45, 2.75) is 19.4 Å². The number of amides is 1. The molecule has 0 aromatic carbocycles. The molecular weight excluding hydrogens is 287 g/mol. The molecule has 1 aliphatic heterocycles. The summed E-state index contributed by atoms with van der Waals surface area (Å²) in [5.74, 6) is -0.131. The van der Waals surface area contributed by atoms with Gasteiger partial charge in [0, 0.05) is 25.7 Å². The summed E-state index contributed by atoms with van der Waals surface area (Å²) in [6.07, 6.45) is 1.00. The van der Waals surface area contributed by atoms with E-state index in [0.717, 1.165) is 13.0 Å². The number of hydrogen-bond acceptors (Lipinski definition) is 4. The van der Waals surface area contributed by atoms with E-state index in [1.165, 1.54) is 6.07 Å². The molecule has 1 unspecified atom stereocenters. The van der Waals surface area contributed by atoms with Crippen molar-refractivity contribution < 1.29 is 4.79 Å². The molecule has 7 heteroatoms. The molecule has 1 amide bonds. The lowest BCUT2D eigenvalue weighted by molar-refractivity contribution is 0.0541. The van der Waals surface area contributed by atoms with Crippen LogP contribution in [0.5, 0.6) is 0 Å². The maximum Gasteiger partial charge on any atom is 0.257 e. The van der Waals surface area contributed by atoms with Gasteiger partial charge in [-0.3, -0.25) is 9.69 Å². The van der Waals surface area contributed by atoms with Crippen molar-refractivity contribution in [2.75, 3.05) is 26.7 Å². The lowest BCUT2D eigenvalue weighted by Gasteiger charge is -2.39. The summed E-state index contributed by atoms with van der Waals surface area (Å²) in [6.45, 7) is 4.35. The van der Waals surface area contributed by atoms with Crippen LogP contribution in [-0.4, -0.2) is 58.6 Å². The van der Waals surface area contributed by atoms with Gasteiger partial charge in [0.2, 0.25) is 0 Å². The third-order valence-electron chi connectivity index (χ3n) is 3.48. The van der Waals surface area contributed by atoms with Gasteiger partial charge in [0.1, 0.15) is 0 Å². The Morgan fingerprint density at radius 3 is 2.84 bits per heavy atom. The zero-order valence-corrected chi connectivity index (χ0v) is 12.4. The van der Waals surface area contributed by atoms with Crippen molar-refractivity contribution in [1.29, 1.82) is 0 Å². The van der Waals surface area contributed by atoms with Gasteiger partial charge in [-0.15, -0.1) is 10.2 Å². The molecule has 19 heavy (non-hydrogen) atoms. The number of carbonyl (C=O) groups is 1. The van der Waals surface area contributed by atoms with Gasteiger partial charge in [-0.2, -0.15) is 0 Å². The molecule has 1 fully saturated rings. The van der Waals surface area contributed by atoms with Gasteiger partial charge in [-0.1, -0.05) is 30.1 Å². The highest BCUT2D eigenvalue weighted by Crippen LogP contribution is 2.20. The zero-order valence-electron chi connectivity index (χ0n) is 10.9. The maximum absolute atomic E-state index is 12.4. The molecule has 1 aliphatic rings. The molecule has 0 bridgehead atoms. The van der Waals surface area contributed by atoms with Crippen molar-refractivity contribution in [2.24, 2.45) is 0 Å². The predicted molar refractivity (Wildman–Crippen MR) is 74.7 cm³/mol. The molecule has 0 spiro atoms. The molecule has 1 atom stereocenters. The second-order valence-corrected chi connectivity index (χ2v) is 5.41. The van der Waals surface area contributed by atoms with E-state index in [0.29, 0.717) is 24.7 Å². The topological polar surface area (TPSA) is 49.3 Å². The lowest BCUT2D eigenvalue weighted by Crippen LogP contribution is -2.53. The van der Waals surface area contributed by atoms with Crippen LogP contribution in [0.1, 0.15) is 23.7 Å². The van der Waals surface area contributed by atoms with Crippen molar-refractivity contribution in [1.82, 2.24) is 20.0 Å². The van der Waals surface area contributed by atoms with Gasteiger partial charge in [0.05, 0.1) is 5.56 Å². The van der Waals surface area contributed by atoms with Crippen molar-refractivity contribution in [3.05, 3.63) is 21.9 Å². The van der Waals surface area contributed by atoms with E-state index in [2.05, 4.69) is 29.1 Å². The van der Waals surface area contributed by atoms with Gasteiger partial charge < -0.3 is 4.90 Å². The summed E-state index contributed by atoms with van der Waals surface area (Å²) in [5.41, 5.74) is 0.320. The van der Waals surface area contributed by atoms with Crippen LogP contribution in [0, 0.1) is 0 Å². The van der Waals surface area contributed by atoms with E-state index in [4.69, 9.17) is 23.2 Å². The van der Waals surface area contributed by atoms with E-state index in [1.54, 1.807) is 4.90 Å². The Labute approximate surface area is 122 Å². The summed E-state index contributed by atoms with van der Waals surface area (Å²) in [5, 5.41) is 7.56. The summed E-state index contributed by atoms with van der Waals surface area (Å²) < 4.78 is 0. The standard InChI is InChI=1S/C12H16Cl2N4O/c1-3-8-7-18(5-4-17(8)2)12(19)9-6-10(13)15-16-11(9)14/h6,8H,3-5,7H2,1-2H3. The van der Waals surface area contributed by atoms with Gasteiger partial charge in [-0.05, 0) is 19.5 Å². The van der Waals surface area contributed by atoms with Crippen LogP contribution in [0.3, 0.4) is 0 Å². The number of hydrogen-bond donors (Lipinski definition) is 0. The maximum atomic E-state index is 12.4. The van der Waals surface area contributed by atoms with Gasteiger partial charge >= 0.3 is 0 Å². The fourth-order valence-electron chi connectivity index (χ4n) is 2.24. The lowest BCUT2D eigenvalue weighted by atomic mass is 10.1. The van der Waals surface area contributed by atoms with Crippen LogP contribution in [0.25, 0.3) is 0 Å². The highest BCUT2D eigenvalue weighted by Gasteiger charge is 2.28. The minimum atomic E-state index is -0.131. The first-order valence-electron chi connectivity index (χ1n) is 6.21. The molecule has 104 valence electrons. The molecule has 0 radical (unpaired) electrons. The smallest absolute Gasteiger partial charge is 0.257 e. The third-order valence-corrected chi connectivity index (χ3v) is 3.95. The monoisotopic (exact) mass is 302 g/mol. The van der Waals surface area contributed by atoms with Gasteiger partial charge in [-0.25, -0.2) is 0 Å². The van der Waals surface area contributed by atoms with Crippen LogP contribution in [0.15, 0.2) is 6.07 Å². The highest BCUT2D eigenvalue weighted by atomic mass is 35.5. The zero-order chi connectivity index (χ0) is 14.0. The van der Waals surface area contributed by atoms with Crippen molar-refractivity contribution in [3.63, 3.8) is 0 Å². The molecule has 0 saturated carbocycles. The van der Waals surface area contributed by atoms with Crippen LogP contribution in [-0.2, 0) is 0 Å². The van der Waals surface area contributed by atoms with E-state index in [1.807, 2.05) is 0 Å². The van der Waals surface area contributed by atoms with E-state index in [9.17, 15) is 4.79 Å². The number of likely N-dealkylation sites (N-methyl/N-ethyl adjacent to an activating group) is 1. The Morgan fingerprint density at radius 2 is 2.16 bits per heavy atom. The summed E-state index contributed by atoms with van der Waals surface area (Å²) >= 11 is 11.7. The third kappa shape index (κ3) is 3.16. The van der Waals surface area contributed by atoms with E-state index >= 15 is 0 Å². The Hall–Kier alpha value is -0.910. The van der Waals surface area contributed by atoms with Crippen molar-refractivity contribution in [3.8, 4) is 0 Å². The van der Waals surface area contributed by atoms with E-state index in [-0.39, 0.29) is 16.2 Å². The van der Waals surface area contributed by atoms with Crippen LogP contribution in [0.2, 0.25) is 10.3 Å². The van der Waals surface area contributed by atoms with Gasteiger partial charge in [0.15, 0.2) is 10.3 Å². The van der Waals surface area contributed by atoms with Crippen LogP contribution >= 0.6 is 23.2 Å². The first-order valence-corrected chi connectivity index (χ1v) is 6.96. The summed E-state index contributed by atoms with van der Waals surface area (Å²) in [6, 6.07) is 1.85. The van der Waals surface area contributed by atoms with Crippen molar-refractivity contribution >= 4 is 29.1 Å². The molecule has 2 rings (SSSR count).